The number of benzene rings is 2. The first-order valence-corrected chi connectivity index (χ1v) is 14.4. The molecule has 0 saturated heterocycles. The third-order valence-electron chi connectivity index (χ3n) is 9.08. The van der Waals surface area contributed by atoms with Crippen LogP contribution in [0.1, 0.15) is 98.9 Å². The van der Waals surface area contributed by atoms with Crippen molar-refractivity contribution >= 4 is 16.7 Å². The van der Waals surface area contributed by atoms with Gasteiger partial charge in [-0.05, 0) is 81.4 Å². The second kappa shape index (κ2) is 11.3. The highest BCUT2D eigenvalue weighted by molar-refractivity contribution is 5.88. The zero-order valence-electron chi connectivity index (χ0n) is 22.3. The number of aromatic nitrogens is 1. The molecule has 0 aliphatic heterocycles. The maximum Gasteiger partial charge on any atom is 0.134 e. The molecule has 0 bridgehead atoms. The van der Waals surface area contributed by atoms with Crippen LogP contribution in [0.15, 0.2) is 48.5 Å². The van der Waals surface area contributed by atoms with E-state index in [-0.39, 0.29) is 5.92 Å². The summed E-state index contributed by atoms with van der Waals surface area (Å²) >= 11 is 0. The number of aryl methyl sites for hydroxylation is 1. The topological polar surface area (TPSA) is 48.0 Å². The van der Waals surface area contributed by atoms with Gasteiger partial charge in [0.05, 0.1) is 0 Å². The summed E-state index contributed by atoms with van der Waals surface area (Å²) in [5.41, 5.74) is 12.7. The van der Waals surface area contributed by atoms with Crippen LogP contribution < -0.4 is 5.73 Å². The van der Waals surface area contributed by atoms with Gasteiger partial charge in [-0.3, -0.25) is 4.79 Å². The summed E-state index contributed by atoms with van der Waals surface area (Å²) in [5, 5.41) is 1.33. The summed E-state index contributed by atoms with van der Waals surface area (Å²) in [5.74, 6) is 1.77. The van der Waals surface area contributed by atoms with Crippen LogP contribution in [0.25, 0.3) is 10.9 Å². The van der Waals surface area contributed by atoms with Gasteiger partial charge in [-0.25, -0.2) is 0 Å². The van der Waals surface area contributed by atoms with Gasteiger partial charge in [0.15, 0.2) is 0 Å². The summed E-state index contributed by atoms with van der Waals surface area (Å²) in [6, 6.07) is 18.1. The van der Waals surface area contributed by atoms with Gasteiger partial charge < -0.3 is 10.3 Å². The van der Waals surface area contributed by atoms with E-state index in [1.165, 1.54) is 65.4 Å². The fraction of sp³-hybridized carbons (Fsp3) is 0.545. The summed E-state index contributed by atoms with van der Waals surface area (Å²) < 4.78 is 2.58. The fourth-order valence-electron chi connectivity index (χ4n) is 7.06. The predicted molar refractivity (Wildman–Crippen MR) is 150 cm³/mol. The van der Waals surface area contributed by atoms with Crippen molar-refractivity contribution in [2.75, 3.05) is 0 Å². The lowest BCUT2D eigenvalue weighted by atomic mass is 9.80. The number of carbonyl (C=O) groups excluding carboxylic acids is 1. The Hall–Kier alpha value is -2.39. The Bertz CT molecular complexity index is 1180. The molecule has 2 fully saturated rings. The molecular weight excluding hydrogens is 440 g/mol. The minimum Gasteiger partial charge on any atom is -0.344 e. The maximum absolute atomic E-state index is 13.6. The second-order valence-electron chi connectivity index (χ2n) is 11.8. The van der Waals surface area contributed by atoms with Crippen LogP contribution in [0.5, 0.6) is 0 Å². The lowest BCUT2D eigenvalue weighted by Crippen LogP contribution is -2.27. The summed E-state index contributed by atoms with van der Waals surface area (Å²) in [6.07, 6.45) is 12.4. The third-order valence-corrected chi connectivity index (χ3v) is 9.08. The van der Waals surface area contributed by atoms with E-state index in [4.69, 9.17) is 5.73 Å². The molecule has 2 N–H and O–H groups in total. The van der Waals surface area contributed by atoms with E-state index < -0.39 is 0 Å². The minimum absolute atomic E-state index is 0.0979. The van der Waals surface area contributed by atoms with Crippen LogP contribution >= 0.6 is 0 Å². The zero-order valence-corrected chi connectivity index (χ0v) is 22.3. The molecule has 1 aromatic heterocycles. The van der Waals surface area contributed by atoms with Gasteiger partial charge in [-0.15, -0.1) is 0 Å². The summed E-state index contributed by atoms with van der Waals surface area (Å²) in [7, 11) is 0. The van der Waals surface area contributed by atoms with Crippen LogP contribution in [0.4, 0.5) is 0 Å². The number of nitrogens with two attached hydrogens (primary N) is 1. The molecule has 2 aliphatic carbocycles. The van der Waals surface area contributed by atoms with Crippen molar-refractivity contribution in [3.05, 3.63) is 70.9 Å². The van der Waals surface area contributed by atoms with E-state index in [0.29, 0.717) is 30.6 Å². The van der Waals surface area contributed by atoms with Crippen molar-refractivity contribution in [3.63, 3.8) is 0 Å². The van der Waals surface area contributed by atoms with Crippen LogP contribution in [-0.2, 0) is 11.3 Å². The summed E-state index contributed by atoms with van der Waals surface area (Å²) in [4.78, 5) is 13.6. The van der Waals surface area contributed by atoms with Crippen molar-refractivity contribution in [1.29, 1.82) is 0 Å². The van der Waals surface area contributed by atoms with Gasteiger partial charge in [-0.2, -0.15) is 0 Å². The first-order valence-electron chi connectivity index (χ1n) is 14.4. The Morgan fingerprint density at radius 1 is 0.917 bits per heavy atom. The average Bonchev–Trinajstić information content (AvgIpc) is 3.15. The number of ketones is 1. The number of hydrogen-bond donors (Lipinski definition) is 1. The highest BCUT2D eigenvalue weighted by Crippen LogP contribution is 2.40. The fourth-order valence-corrected chi connectivity index (χ4v) is 7.06. The van der Waals surface area contributed by atoms with E-state index in [1.807, 2.05) is 0 Å². The van der Waals surface area contributed by atoms with E-state index in [2.05, 4.69) is 66.9 Å². The molecule has 36 heavy (non-hydrogen) atoms. The predicted octanol–water partition coefficient (Wildman–Crippen LogP) is 7.84. The first-order chi connectivity index (χ1) is 17.5. The Morgan fingerprint density at radius 3 is 2.42 bits per heavy atom. The number of carbonyl (C=O) groups is 1. The standard InChI is InChI=1S/C33H44N2O/c1-23-9-8-12-27(19-23)31(21-29(36)20-25-15-17-28(34)18-16-25)33-24(2)35(22-26-10-4-3-5-11-26)32-14-7-6-13-30(32)33/h6-9,12-14,19,25-26,28,31H,3-5,10-11,15-18,20-22,34H2,1-2H3. The van der Waals surface area contributed by atoms with Crippen LogP contribution in [0, 0.1) is 25.7 Å². The maximum atomic E-state index is 13.6. The molecule has 3 nitrogen and oxygen atoms in total. The quantitative estimate of drug-likeness (QED) is 0.354. The molecule has 5 rings (SSSR count). The molecule has 1 atom stereocenters. The van der Waals surface area contributed by atoms with Crippen molar-refractivity contribution in [2.45, 2.75) is 103 Å². The first kappa shape index (κ1) is 25.3. The molecule has 1 heterocycles. The lowest BCUT2D eigenvalue weighted by molar-refractivity contribution is -0.120. The van der Waals surface area contributed by atoms with Gasteiger partial charge in [0, 0.05) is 47.9 Å². The van der Waals surface area contributed by atoms with Crippen molar-refractivity contribution in [3.8, 4) is 0 Å². The zero-order chi connectivity index (χ0) is 25.1. The van der Waals surface area contributed by atoms with E-state index in [0.717, 1.165) is 38.1 Å². The number of para-hydroxylation sites is 1. The number of fused-ring (bicyclic) bond motifs is 1. The molecule has 0 amide bonds. The molecule has 2 aromatic carbocycles. The molecule has 1 unspecified atom stereocenters. The van der Waals surface area contributed by atoms with Crippen molar-refractivity contribution < 1.29 is 4.79 Å². The van der Waals surface area contributed by atoms with E-state index in [1.54, 1.807) is 0 Å². The molecule has 3 aromatic rings. The lowest BCUT2D eigenvalue weighted by Gasteiger charge is -2.26. The van der Waals surface area contributed by atoms with Gasteiger partial charge in [0.1, 0.15) is 5.78 Å². The normalized spacial score (nSPS) is 22.1. The van der Waals surface area contributed by atoms with Crippen LogP contribution in [-0.4, -0.2) is 16.4 Å². The molecule has 0 radical (unpaired) electrons. The molecular formula is C33H44N2O. The Balaban J connectivity index is 1.50. The Labute approximate surface area is 217 Å². The molecule has 0 spiro atoms. The number of hydrogen-bond acceptors (Lipinski definition) is 2. The Morgan fingerprint density at radius 2 is 1.67 bits per heavy atom. The molecule has 192 valence electrons. The molecule has 2 saturated carbocycles. The average molecular weight is 485 g/mol. The largest absolute Gasteiger partial charge is 0.344 e. The van der Waals surface area contributed by atoms with Crippen LogP contribution in [0.3, 0.4) is 0 Å². The highest BCUT2D eigenvalue weighted by Gasteiger charge is 2.28. The number of Topliss-reactive ketones (excluding diaryl/α,β-unsaturated/α-hetero) is 1. The minimum atomic E-state index is 0.0979. The number of rotatable bonds is 8. The van der Waals surface area contributed by atoms with Gasteiger partial charge in [0.25, 0.3) is 0 Å². The SMILES string of the molecule is Cc1cccc(C(CC(=O)CC2CCC(N)CC2)c2c(C)n(CC3CCCCC3)c3ccccc23)c1. The molecule has 2 aliphatic rings. The summed E-state index contributed by atoms with van der Waals surface area (Å²) in [6.45, 7) is 5.56. The molecule has 3 heteroatoms. The van der Waals surface area contributed by atoms with Gasteiger partial charge >= 0.3 is 0 Å². The van der Waals surface area contributed by atoms with E-state index >= 15 is 0 Å². The van der Waals surface area contributed by atoms with Gasteiger partial charge in [0.2, 0.25) is 0 Å². The number of nitrogens with zero attached hydrogens (tertiary/aromatic N) is 1. The second-order valence-corrected chi connectivity index (χ2v) is 11.8. The third kappa shape index (κ3) is 5.62. The highest BCUT2D eigenvalue weighted by atomic mass is 16.1. The monoisotopic (exact) mass is 484 g/mol. The van der Waals surface area contributed by atoms with Gasteiger partial charge in [-0.1, -0.05) is 67.3 Å². The van der Waals surface area contributed by atoms with Crippen molar-refractivity contribution in [2.24, 2.45) is 17.6 Å². The van der Waals surface area contributed by atoms with Crippen LogP contribution in [0.2, 0.25) is 0 Å². The van der Waals surface area contributed by atoms with Crippen molar-refractivity contribution in [1.82, 2.24) is 4.57 Å². The Kier molecular flexibility index (Phi) is 7.96. The van der Waals surface area contributed by atoms with E-state index in [9.17, 15) is 4.79 Å². The smallest absolute Gasteiger partial charge is 0.134 e.